The number of aliphatic hydroxyl groups excluding tert-OH is 3. The van der Waals surface area contributed by atoms with Crippen molar-refractivity contribution >= 4 is 23.0 Å². The number of thiophene rings is 1. The number of carbonyl (C=O) groups excluding carboxylic acids is 1. The summed E-state index contributed by atoms with van der Waals surface area (Å²) in [5.41, 5.74) is -3.16. The van der Waals surface area contributed by atoms with Crippen LogP contribution in [0.5, 0.6) is 0 Å². The van der Waals surface area contributed by atoms with Crippen LogP contribution < -0.4 is 10.6 Å². The van der Waals surface area contributed by atoms with Crippen LogP contribution in [0.25, 0.3) is 0 Å². The SMILES string of the molecule is CC[C@H]1OC(=O)[C@H](C)[C@@H](O)[C@H](C)[C@@H](O[C@@H]2O[C@H](C)CC[C@H]2O)C(C)(O)C[C@@H](C)C(=NOCCNCCNCc2cccs2)[C@H](C)[C@@H](O)[C@]1(C)O. The topological polar surface area (TPSA) is 192 Å². The summed E-state index contributed by atoms with van der Waals surface area (Å²) in [4.78, 5) is 20.4. The van der Waals surface area contributed by atoms with E-state index in [0.29, 0.717) is 25.1 Å². The van der Waals surface area contributed by atoms with Gasteiger partial charge in [0.1, 0.15) is 24.4 Å². The molecule has 2 aliphatic heterocycles. The van der Waals surface area contributed by atoms with Gasteiger partial charge in [-0.05, 0) is 64.8 Å². The van der Waals surface area contributed by atoms with E-state index in [4.69, 9.17) is 19.0 Å². The maximum atomic E-state index is 13.4. The number of ether oxygens (including phenoxy) is 3. The zero-order valence-electron chi connectivity index (χ0n) is 31.1. The smallest absolute Gasteiger partial charge is 0.311 e. The van der Waals surface area contributed by atoms with E-state index in [2.05, 4.69) is 21.9 Å². The molecule has 1 aromatic rings. The Bertz CT molecular complexity index is 1180. The number of hydrogen-bond acceptors (Lipinski definition) is 14. The van der Waals surface area contributed by atoms with Gasteiger partial charge in [-0.15, -0.1) is 11.3 Å². The van der Waals surface area contributed by atoms with Gasteiger partial charge >= 0.3 is 5.97 Å². The summed E-state index contributed by atoms with van der Waals surface area (Å²) in [6, 6.07) is 4.11. The Balaban J connectivity index is 1.86. The number of esters is 1. The predicted molar refractivity (Wildman–Crippen MR) is 191 cm³/mol. The fraction of sp³-hybridized carbons (Fsp3) is 0.833. The van der Waals surface area contributed by atoms with Crippen LogP contribution in [0, 0.1) is 23.7 Å². The molecule has 1 unspecified atom stereocenters. The van der Waals surface area contributed by atoms with Gasteiger partial charge in [0.25, 0.3) is 0 Å². The van der Waals surface area contributed by atoms with E-state index in [1.807, 2.05) is 25.3 Å². The highest BCUT2D eigenvalue weighted by molar-refractivity contribution is 7.09. The van der Waals surface area contributed by atoms with Crippen LogP contribution in [-0.4, -0.2) is 118 Å². The quantitative estimate of drug-likeness (QED) is 0.0947. The van der Waals surface area contributed by atoms with Gasteiger partial charge in [-0.25, -0.2) is 0 Å². The van der Waals surface area contributed by atoms with E-state index in [9.17, 15) is 30.3 Å². The predicted octanol–water partition coefficient (Wildman–Crippen LogP) is 2.56. The van der Waals surface area contributed by atoms with Crippen LogP contribution in [0.1, 0.15) is 86.0 Å². The lowest BCUT2D eigenvalue weighted by molar-refractivity contribution is -0.289. The third-order valence-electron chi connectivity index (χ3n) is 10.3. The third kappa shape index (κ3) is 11.4. The van der Waals surface area contributed by atoms with E-state index in [0.717, 1.165) is 19.6 Å². The zero-order valence-corrected chi connectivity index (χ0v) is 31.9. The summed E-state index contributed by atoms with van der Waals surface area (Å²) in [6.45, 7) is 16.4. The number of nitrogens with one attached hydrogen (secondary N) is 2. The van der Waals surface area contributed by atoms with Gasteiger partial charge in [-0.2, -0.15) is 0 Å². The largest absolute Gasteiger partial charge is 0.459 e. The molecule has 1 aromatic heterocycles. The second kappa shape index (κ2) is 19.4. The van der Waals surface area contributed by atoms with Crippen LogP contribution in [0.15, 0.2) is 22.7 Å². The summed E-state index contributed by atoms with van der Waals surface area (Å²) in [7, 11) is 0. The molecule has 50 heavy (non-hydrogen) atoms. The Kier molecular flexibility index (Phi) is 16.5. The van der Waals surface area contributed by atoms with Crippen molar-refractivity contribution in [3.63, 3.8) is 0 Å². The van der Waals surface area contributed by atoms with Crippen LogP contribution in [0.3, 0.4) is 0 Å². The lowest BCUT2D eigenvalue weighted by Gasteiger charge is -2.45. The molecule has 13 nitrogen and oxygen atoms in total. The molecule has 7 N–H and O–H groups in total. The lowest BCUT2D eigenvalue weighted by atomic mass is 9.73. The fourth-order valence-corrected chi connectivity index (χ4v) is 7.83. The molecule has 2 aliphatic rings. The van der Waals surface area contributed by atoms with Gasteiger partial charge in [0.15, 0.2) is 6.29 Å². The Morgan fingerprint density at radius 2 is 1.72 bits per heavy atom. The Morgan fingerprint density at radius 1 is 1.02 bits per heavy atom. The number of nitrogens with zero attached hydrogens (tertiary/aromatic N) is 1. The fourth-order valence-electron chi connectivity index (χ4n) is 7.16. The standard InChI is InChI=1S/C36H63N3O10S/c1-9-28-36(8,45)31(42)23(4)29(39-46-17-16-37-14-15-38-20-26-11-10-18-50-26)21(2)19-35(7,44)32(24(5)30(41)25(6)33(43)48-28)49-34-27(40)13-12-22(3)47-34/h10-11,18,21-25,27-28,30-32,34,37-38,40-42,44-45H,9,12-17,19-20H2,1-8H3/t21-,22-,23+,24+,25-,27-,28-,30+,31-,32-,34+,35?,36-/m1/s1. The number of cyclic esters (lactones) is 1. The molecule has 3 heterocycles. The van der Waals surface area contributed by atoms with E-state index in [1.54, 1.807) is 39.0 Å². The van der Waals surface area contributed by atoms with Crippen molar-refractivity contribution < 1.29 is 49.4 Å². The first-order valence-corrected chi connectivity index (χ1v) is 19.0. The van der Waals surface area contributed by atoms with E-state index in [-0.39, 0.29) is 25.6 Å². The molecule has 0 aromatic carbocycles. The highest BCUT2D eigenvalue weighted by Gasteiger charge is 2.50. The molecular weight excluding hydrogens is 666 g/mol. The molecule has 2 saturated heterocycles. The van der Waals surface area contributed by atoms with Crippen molar-refractivity contribution in [1.29, 1.82) is 0 Å². The summed E-state index contributed by atoms with van der Waals surface area (Å²) < 4.78 is 18.0. The molecule has 3 rings (SSSR count). The number of oxime groups is 1. The van der Waals surface area contributed by atoms with Crippen LogP contribution >= 0.6 is 11.3 Å². The van der Waals surface area contributed by atoms with Gasteiger partial charge in [0.2, 0.25) is 0 Å². The molecule has 0 amide bonds. The van der Waals surface area contributed by atoms with Crippen molar-refractivity contribution in [2.24, 2.45) is 28.8 Å². The normalized spacial score (nSPS) is 40.3. The highest BCUT2D eigenvalue weighted by Crippen LogP contribution is 2.37. The van der Waals surface area contributed by atoms with Crippen LogP contribution in [0.2, 0.25) is 0 Å². The highest BCUT2D eigenvalue weighted by atomic mass is 32.1. The first kappa shape index (κ1) is 42.7. The van der Waals surface area contributed by atoms with Gasteiger partial charge < -0.3 is 55.2 Å². The van der Waals surface area contributed by atoms with Crippen molar-refractivity contribution in [2.45, 2.75) is 142 Å². The van der Waals surface area contributed by atoms with E-state index in [1.165, 1.54) is 18.7 Å². The van der Waals surface area contributed by atoms with Gasteiger partial charge in [-0.3, -0.25) is 4.79 Å². The summed E-state index contributed by atoms with van der Waals surface area (Å²) in [5.74, 6) is -3.98. The number of hydrogen-bond donors (Lipinski definition) is 7. The second-order valence-electron chi connectivity index (χ2n) is 14.8. The number of aliphatic hydroxyl groups is 5. The number of carbonyl (C=O) groups is 1. The van der Waals surface area contributed by atoms with Gasteiger partial charge in [-0.1, -0.05) is 38.9 Å². The first-order chi connectivity index (χ1) is 23.5. The Morgan fingerprint density at radius 3 is 2.38 bits per heavy atom. The van der Waals surface area contributed by atoms with Crippen molar-refractivity contribution in [3.8, 4) is 0 Å². The van der Waals surface area contributed by atoms with Crippen molar-refractivity contribution in [3.05, 3.63) is 22.4 Å². The molecule has 288 valence electrons. The molecule has 2 fully saturated rings. The Labute approximate surface area is 301 Å². The van der Waals surface area contributed by atoms with Crippen LogP contribution in [-0.2, 0) is 30.4 Å². The van der Waals surface area contributed by atoms with E-state index < -0.39 is 77.7 Å². The summed E-state index contributed by atoms with van der Waals surface area (Å²) in [5, 5.41) is 70.9. The minimum Gasteiger partial charge on any atom is -0.459 e. The minimum absolute atomic E-state index is 0.0404. The molecule has 13 atom stereocenters. The van der Waals surface area contributed by atoms with Crippen LogP contribution in [0.4, 0.5) is 0 Å². The molecule has 0 bridgehead atoms. The molecular formula is C36H63N3O10S. The molecule has 0 radical (unpaired) electrons. The lowest BCUT2D eigenvalue weighted by Crippen LogP contribution is -2.58. The number of rotatable bonds is 12. The zero-order chi connectivity index (χ0) is 37.2. The maximum absolute atomic E-state index is 13.4. The molecule has 0 spiro atoms. The van der Waals surface area contributed by atoms with Crippen molar-refractivity contribution in [2.75, 3.05) is 26.2 Å². The summed E-state index contributed by atoms with van der Waals surface area (Å²) >= 11 is 1.71. The second-order valence-corrected chi connectivity index (χ2v) is 15.8. The molecule has 0 aliphatic carbocycles. The van der Waals surface area contributed by atoms with Gasteiger partial charge in [0.05, 0.1) is 41.6 Å². The minimum atomic E-state index is -1.89. The first-order valence-electron chi connectivity index (χ1n) is 18.1. The average molecular weight is 730 g/mol. The average Bonchev–Trinajstić information content (AvgIpc) is 3.59. The summed E-state index contributed by atoms with van der Waals surface area (Å²) in [6.07, 6.45) is -5.85. The van der Waals surface area contributed by atoms with Gasteiger partial charge in [0, 0.05) is 48.8 Å². The third-order valence-corrected chi connectivity index (χ3v) is 11.2. The Hall–Kier alpha value is -1.72. The van der Waals surface area contributed by atoms with E-state index >= 15 is 0 Å². The molecule has 0 saturated carbocycles. The van der Waals surface area contributed by atoms with Crippen molar-refractivity contribution in [1.82, 2.24) is 10.6 Å². The monoisotopic (exact) mass is 729 g/mol. The molecule has 14 heteroatoms. The maximum Gasteiger partial charge on any atom is 0.311 e.